The van der Waals surface area contributed by atoms with Gasteiger partial charge in [-0.1, -0.05) is 61.0 Å². The van der Waals surface area contributed by atoms with Gasteiger partial charge in [0.2, 0.25) is 11.8 Å². The minimum Gasteiger partial charge on any atom is -0.425 e. The summed E-state index contributed by atoms with van der Waals surface area (Å²) in [4.78, 5) is 46.4. The van der Waals surface area contributed by atoms with Crippen molar-refractivity contribution in [3.63, 3.8) is 0 Å². The molecule has 9 nitrogen and oxygen atoms in total. The average molecular weight is 694 g/mol. The normalized spacial score (nSPS) is 18.4. The number of rotatable bonds is 9. The van der Waals surface area contributed by atoms with Crippen molar-refractivity contribution >= 4 is 45.0 Å². The van der Waals surface area contributed by atoms with Gasteiger partial charge in [-0.2, -0.15) is 8.78 Å². The zero-order valence-corrected chi connectivity index (χ0v) is 27.3. The maximum absolute atomic E-state index is 14.8. The standard InChI is InChI=1S/C31H35BrF2N4O5S/c1-17(19-6-8-20(9-7-19)25-18(2)35-16-44-25)36-27(40)24-14-22(39)15-38(24)28(41)26(30(3,4)5)37-29(42)31(33,34)43-23-12-10-21(32)11-13-23/h6-13,16-17,22,24,26,39H,14-15H2,1-5H3,(H,36,40)(H,37,42)/t17-,22+,24-,26+/m0/s1. The highest BCUT2D eigenvalue weighted by Gasteiger charge is 2.49. The predicted molar refractivity (Wildman–Crippen MR) is 166 cm³/mol. The Morgan fingerprint density at radius 1 is 1.09 bits per heavy atom. The third kappa shape index (κ3) is 7.80. The predicted octanol–water partition coefficient (Wildman–Crippen LogP) is 5.22. The van der Waals surface area contributed by atoms with Crippen LogP contribution in [0.2, 0.25) is 0 Å². The quantitative estimate of drug-likeness (QED) is 0.283. The zero-order chi connectivity index (χ0) is 32.4. The molecule has 0 radical (unpaired) electrons. The largest absolute Gasteiger partial charge is 0.482 e. The van der Waals surface area contributed by atoms with Crippen LogP contribution in [0.5, 0.6) is 5.75 Å². The lowest BCUT2D eigenvalue weighted by atomic mass is 9.85. The average Bonchev–Trinajstić information content (AvgIpc) is 3.57. The lowest BCUT2D eigenvalue weighted by Crippen LogP contribution is -2.60. The lowest BCUT2D eigenvalue weighted by Gasteiger charge is -2.36. The molecule has 0 aliphatic carbocycles. The van der Waals surface area contributed by atoms with Crippen molar-refractivity contribution in [2.24, 2.45) is 5.41 Å². The Hall–Kier alpha value is -3.42. The number of β-amino-alcohol motifs (C(OH)–C–C–N with tert-alkyl or cyclic N) is 1. The summed E-state index contributed by atoms with van der Waals surface area (Å²) in [5.41, 5.74) is 3.52. The Kier molecular flexibility index (Phi) is 10.1. The number of aromatic nitrogens is 1. The zero-order valence-electron chi connectivity index (χ0n) is 24.9. The highest BCUT2D eigenvalue weighted by Crippen LogP contribution is 2.30. The first-order valence-electron chi connectivity index (χ1n) is 14.0. The van der Waals surface area contributed by atoms with E-state index < -0.39 is 53.5 Å². The minimum atomic E-state index is -4.29. The minimum absolute atomic E-state index is 0.0401. The molecule has 4 rings (SSSR count). The Morgan fingerprint density at radius 2 is 1.73 bits per heavy atom. The van der Waals surface area contributed by atoms with Crippen LogP contribution >= 0.6 is 27.3 Å². The second-order valence-electron chi connectivity index (χ2n) is 11.9. The van der Waals surface area contributed by atoms with E-state index in [1.165, 1.54) is 35.6 Å². The number of aliphatic hydroxyl groups is 1. The van der Waals surface area contributed by atoms with Gasteiger partial charge in [0, 0.05) is 17.4 Å². The summed E-state index contributed by atoms with van der Waals surface area (Å²) >= 11 is 4.74. The summed E-state index contributed by atoms with van der Waals surface area (Å²) < 4.78 is 34.9. The van der Waals surface area contributed by atoms with Crippen molar-refractivity contribution in [3.8, 4) is 16.2 Å². The van der Waals surface area contributed by atoms with E-state index in [1.54, 1.807) is 33.2 Å². The summed E-state index contributed by atoms with van der Waals surface area (Å²) in [6.45, 7) is 8.35. The molecular formula is C31H35BrF2N4O5S. The number of aliphatic hydroxyl groups excluding tert-OH is 1. The summed E-state index contributed by atoms with van der Waals surface area (Å²) in [7, 11) is 0. The molecule has 1 aliphatic heterocycles. The second-order valence-corrected chi connectivity index (χ2v) is 13.6. The molecule has 2 heterocycles. The number of hydrogen-bond donors (Lipinski definition) is 3. The highest BCUT2D eigenvalue weighted by atomic mass is 79.9. The number of alkyl halides is 2. The summed E-state index contributed by atoms with van der Waals surface area (Å²) in [6, 6.07) is 10.2. The number of benzene rings is 2. The van der Waals surface area contributed by atoms with E-state index in [2.05, 4.69) is 36.3 Å². The number of carbonyl (C=O) groups excluding carboxylic acids is 3. The molecule has 3 amide bonds. The molecule has 236 valence electrons. The Balaban J connectivity index is 1.46. The van der Waals surface area contributed by atoms with E-state index in [1.807, 2.05) is 31.2 Å². The summed E-state index contributed by atoms with van der Waals surface area (Å²) in [5.74, 6) is -3.32. The highest BCUT2D eigenvalue weighted by molar-refractivity contribution is 9.10. The topological polar surface area (TPSA) is 121 Å². The van der Waals surface area contributed by atoms with E-state index in [0.29, 0.717) is 4.47 Å². The van der Waals surface area contributed by atoms with E-state index in [9.17, 15) is 28.3 Å². The number of carbonyl (C=O) groups is 3. The molecule has 0 unspecified atom stereocenters. The molecule has 1 aromatic heterocycles. The van der Waals surface area contributed by atoms with Gasteiger partial charge >= 0.3 is 12.0 Å². The number of thiazole rings is 1. The van der Waals surface area contributed by atoms with Crippen molar-refractivity contribution in [1.82, 2.24) is 20.5 Å². The Labute approximate surface area is 267 Å². The number of nitrogens with zero attached hydrogens (tertiary/aromatic N) is 2. The van der Waals surface area contributed by atoms with E-state index in [4.69, 9.17) is 0 Å². The van der Waals surface area contributed by atoms with Gasteiger partial charge in [0.05, 0.1) is 28.2 Å². The van der Waals surface area contributed by atoms with Crippen LogP contribution in [0.4, 0.5) is 8.78 Å². The molecule has 13 heteroatoms. The molecule has 0 spiro atoms. The van der Waals surface area contributed by atoms with Crippen molar-refractivity contribution in [3.05, 3.63) is 69.8 Å². The molecule has 3 aromatic rings. The molecule has 1 saturated heterocycles. The van der Waals surface area contributed by atoms with Crippen LogP contribution in [0.25, 0.3) is 10.4 Å². The third-order valence-electron chi connectivity index (χ3n) is 7.35. The maximum atomic E-state index is 14.8. The van der Waals surface area contributed by atoms with Gasteiger partial charge in [0.1, 0.15) is 17.8 Å². The van der Waals surface area contributed by atoms with Gasteiger partial charge in [-0.15, -0.1) is 11.3 Å². The van der Waals surface area contributed by atoms with Crippen molar-refractivity contribution in [1.29, 1.82) is 0 Å². The molecule has 3 N–H and O–H groups in total. The Morgan fingerprint density at radius 3 is 2.30 bits per heavy atom. The molecule has 1 fully saturated rings. The van der Waals surface area contributed by atoms with E-state index in [-0.39, 0.29) is 18.7 Å². The van der Waals surface area contributed by atoms with Gasteiger partial charge < -0.3 is 25.4 Å². The fourth-order valence-corrected chi connectivity index (χ4v) is 6.00. The van der Waals surface area contributed by atoms with Crippen molar-refractivity contribution in [2.45, 2.75) is 71.4 Å². The number of hydrogen-bond acceptors (Lipinski definition) is 7. The monoisotopic (exact) mass is 692 g/mol. The van der Waals surface area contributed by atoms with E-state index >= 15 is 0 Å². The number of halogens is 3. The molecule has 2 aromatic carbocycles. The molecular weight excluding hydrogens is 658 g/mol. The maximum Gasteiger partial charge on any atom is 0.482 e. The van der Waals surface area contributed by atoms with Crippen LogP contribution in [-0.2, 0) is 14.4 Å². The van der Waals surface area contributed by atoms with Crippen LogP contribution in [0.1, 0.15) is 51.4 Å². The van der Waals surface area contributed by atoms with Crippen LogP contribution in [0.3, 0.4) is 0 Å². The Bertz CT molecular complexity index is 1490. The molecule has 44 heavy (non-hydrogen) atoms. The smallest absolute Gasteiger partial charge is 0.425 e. The van der Waals surface area contributed by atoms with Gasteiger partial charge in [0.15, 0.2) is 0 Å². The van der Waals surface area contributed by atoms with Crippen molar-refractivity contribution < 1.29 is 33.0 Å². The first kappa shape index (κ1) is 33.5. The van der Waals surface area contributed by atoms with Gasteiger partial charge in [-0.05, 0) is 54.7 Å². The van der Waals surface area contributed by atoms with Gasteiger partial charge in [-0.25, -0.2) is 4.98 Å². The summed E-state index contributed by atoms with van der Waals surface area (Å²) in [5, 5.41) is 15.5. The SMILES string of the molecule is Cc1ncsc1-c1ccc([C@H](C)NC(=O)[C@@H]2C[C@@H](O)CN2C(=O)[C@@H](NC(=O)C(F)(F)Oc2ccc(Br)cc2)C(C)(C)C)cc1. The van der Waals surface area contributed by atoms with Gasteiger partial charge in [-0.3, -0.25) is 14.4 Å². The third-order valence-corrected chi connectivity index (χ3v) is 8.86. The van der Waals surface area contributed by atoms with Crippen LogP contribution in [-0.4, -0.2) is 63.6 Å². The van der Waals surface area contributed by atoms with Crippen LogP contribution in [0.15, 0.2) is 58.5 Å². The van der Waals surface area contributed by atoms with Gasteiger partial charge in [0.25, 0.3) is 0 Å². The fourth-order valence-electron chi connectivity index (χ4n) is 4.93. The van der Waals surface area contributed by atoms with Crippen LogP contribution < -0.4 is 15.4 Å². The first-order chi connectivity index (χ1) is 20.6. The molecule has 4 atom stereocenters. The molecule has 0 saturated carbocycles. The number of likely N-dealkylation sites (tertiary alicyclic amines) is 1. The lowest BCUT2D eigenvalue weighted by molar-refractivity contribution is -0.194. The first-order valence-corrected chi connectivity index (χ1v) is 15.7. The van der Waals surface area contributed by atoms with E-state index in [0.717, 1.165) is 26.6 Å². The number of ether oxygens (including phenoxy) is 1. The molecule has 0 bridgehead atoms. The second kappa shape index (κ2) is 13.3. The van der Waals surface area contributed by atoms with Crippen LogP contribution in [0, 0.1) is 12.3 Å². The fraction of sp³-hybridized carbons (Fsp3) is 0.419. The molecule has 1 aliphatic rings. The number of nitrogens with one attached hydrogen (secondary N) is 2. The van der Waals surface area contributed by atoms with Crippen molar-refractivity contribution in [2.75, 3.05) is 6.54 Å². The number of aryl methyl sites for hydroxylation is 1. The summed E-state index contributed by atoms with van der Waals surface area (Å²) in [6.07, 6.45) is -5.34. The number of amides is 3.